The van der Waals surface area contributed by atoms with E-state index in [0.29, 0.717) is 26.2 Å². The third kappa shape index (κ3) is 14.4. The number of hydrogen-bond acceptors (Lipinski definition) is 2. The van der Waals surface area contributed by atoms with Gasteiger partial charge in [0.15, 0.2) is 0 Å². The van der Waals surface area contributed by atoms with E-state index in [-0.39, 0.29) is 24.8 Å². The molecule has 4 rings (SSSR count). The third-order valence-electron chi connectivity index (χ3n) is 6.19. The molecule has 0 unspecified atom stereocenters. The summed E-state index contributed by atoms with van der Waals surface area (Å²) in [7, 11) is 0. The quantitative estimate of drug-likeness (QED) is 0.200. The molecule has 0 saturated heterocycles. The highest BCUT2D eigenvalue weighted by Gasteiger charge is 2.06. The summed E-state index contributed by atoms with van der Waals surface area (Å²) in [6, 6.07) is 40.5. The Labute approximate surface area is 270 Å². The van der Waals surface area contributed by atoms with Crippen molar-refractivity contribution in [1.82, 2.24) is 9.80 Å². The van der Waals surface area contributed by atoms with Gasteiger partial charge in [-0.2, -0.15) is 0 Å². The fraction of sp³-hybridized carbons (Fsp3) is 0.179. The van der Waals surface area contributed by atoms with Gasteiger partial charge in [0, 0.05) is 35.3 Å². The summed E-state index contributed by atoms with van der Waals surface area (Å²) in [4.78, 5) is 4.63. The minimum atomic E-state index is 0. The molecule has 0 amide bonds. The SMILES string of the molecule is C(#Cc1ccccc1)CN(CC#Cc1ccccc1)CCCN(CC#Cc1ccccc1)CC#Cc1ccccc1.Cl.Cl. The minimum absolute atomic E-state index is 0. The van der Waals surface area contributed by atoms with E-state index >= 15 is 0 Å². The van der Waals surface area contributed by atoms with Crippen LogP contribution in [0.15, 0.2) is 121 Å². The highest BCUT2D eigenvalue weighted by Crippen LogP contribution is 2.01. The van der Waals surface area contributed by atoms with Crippen LogP contribution < -0.4 is 0 Å². The molecule has 0 heterocycles. The van der Waals surface area contributed by atoms with Crippen molar-refractivity contribution >= 4 is 24.8 Å². The molecule has 4 aromatic carbocycles. The van der Waals surface area contributed by atoms with Crippen molar-refractivity contribution in [3.05, 3.63) is 144 Å². The molecule has 0 N–H and O–H groups in total. The van der Waals surface area contributed by atoms with Gasteiger partial charge < -0.3 is 0 Å². The van der Waals surface area contributed by atoms with Gasteiger partial charge in [0.25, 0.3) is 0 Å². The Bertz CT molecular complexity index is 1330. The Morgan fingerprint density at radius 2 is 0.581 bits per heavy atom. The van der Waals surface area contributed by atoms with Crippen molar-refractivity contribution in [1.29, 1.82) is 0 Å². The average Bonchev–Trinajstić information content (AvgIpc) is 3.03. The first-order valence-corrected chi connectivity index (χ1v) is 14.0. The minimum Gasteiger partial charge on any atom is -0.281 e. The van der Waals surface area contributed by atoms with Crippen LogP contribution in [0.1, 0.15) is 28.7 Å². The topological polar surface area (TPSA) is 6.48 Å². The van der Waals surface area contributed by atoms with Crippen LogP contribution in [0.25, 0.3) is 0 Å². The van der Waals surface area contributed by atoms with Gasteiger partial charge in [0.2, 0.25) is 0 Å². The van der Waals surface area contributed by atoms with Crippen molar-refractivity contribution in [2.24, 2.45) is 0 Å². The standard InChI is InChI=1S/C39H34N2.2ClH/c1-5-18-36(19-6-1)26-13-30-40(31-14-27-37-20-7-2-8-21-37)34-17-35-41(32-15-28-38-22-9-3-10-23-38)33-16-29-39-24-11-4-12-25-39;;/h1-12,18-25H,17,30-35H2;2*1H. The second-order valence-corrected chi connectivity index (χ2v) is 9.45. The summed E-state index contributed by atoms with van der Waals surface area (Å²) in [5.74, 6) is 26.5. The molecule has 0 atom stereocenters. The largest absolute Gasteiger partial charge is 0.281 e. The Morgan fingerprint density at radius 3 is 0.814 bits per heavy atom. The zero-order valence-corrected chi connectivity index (χ0v) is 25.8. The molecule has 0 aromatic heterocycles. The first-order chi connectivity index (χ1) is 20.3. The Balaban J connectivity index is 0.00000323. The second-order valence-electron chi connectivity index (χ2n) is 9.45. The van der Waals surface area contributed by atoms with Gasteiger partial charge in [-0.3, -0.25) is 9.80 Å². The van der Waals surface area contributed by atoms with Crippen molar-refractivity contribution in [2.75, 3.05) is 39.3 Å². The summed E-state index contributed by atoms with van der Waals surface area (Å²) in [6.07, 6.45) is 0.972. The van der Waals surface area contributed by atoms with Crippen molar-refractivity contribution in [3.8, 4) is 47.4 Å². The van der Waals surface area contributed by atoms with E-state index in [1.54, 1.807) is 0 Å². The molecule has 0 saturated carbocycles. The number of halogens is 2. The fourth-order valence-corrected chi connectivity index (χ4v) is 4.05. The Kier molecular flexibility index (Phi) is 17.3. The summed E-state index contributed by atoms with van der Waals surface area (Å²) in [5.41, 5.74) is 4.12. The van der Waals surface area contributed by atoms with Gasteiger partial charge in [-0.15, -0.1) is 24.8 Å². The summed E-state index contributed by atoms with van der Waals surface area (Å²) in [6.45, 7) is 4.45. The van der Waals surface area contributed by atoms with Crippen LogP contribution in [0.4, 0.5) is 0 Å². The van der Waals surface area contributed by atoms with Gasteiger partial charge in [0.05, 0.1) is 26.2 Å². The van der Waals surface area contributed by atoms with Gasteiger partial charge in [-0.1, -0.05) is 120 Å². The van der Waals surface area contributed by atoms with Crippen molar-refractivity contribution in [3.63, 3.8) is 0 Å². The predicted octanol–water partition coefficient (Wildman–Crippen LogP) is 7.03. The van der Waals surface area contributed by atoms with Gasteiger partial charge >= 0.3 is 0 Å². The highest BCUT2D eigenvalue weighted by atomic mass is 35.5. The lowest BCUT2D eigenvalue weighted by molar-refractivity contribution is 0.286. The molecule has 0 aliphatic carbocycles. The average molecular weight is 604 g/mol. The van der Waals surface area contributed by atoms with Crippen LogP contribution in [0, 0.1) is 47.4 Å². The molecule has 0 radical (unpaired) electrons. The van der Waals surface area contributed by atoms with Gasteiger partial charge in [-0.05, 0) is 55.0 Å². The molecule has 0 spiro atoms. The lowest BCUT2D eigenvalue weighted by atomic mass is 10.2. The molecule has 0 aliphatic rings. The Hall–Kier alpha value is -4.38. The van der Waals surface area contributed by atoms with E-state index in [1.807, 2.05) is 121 Å². The number of hydrogen-bond donors (Lipinski definition) is 0. The van der Waals surface area contributed by atoms with Crippen molar-refractivity contribution < 1.29 is 0 Å². The summed E-state index contributed by atoms with van der Waals surface area (Å²) >= 11 is 0. The first-order valence-electron chi connectivity index (χ1n) is 14.0. The summed E-state index contributed by atoms with van der Waals surface area (Å²) < 4.78 is 0. The van der Waals surface area contributed by atoms with E-state index in [1.165, 1.54) is 0 Å². The molecule has 0 aliphatic heterocycles. The monoisotopic (exact) mass is 602 g/mol. The molecule has 43 heavy (non-hydrogen) atoms. The molecular formula is C39H36Cl2N2. The molecule has 0 bridgehead atoms. The zero-order valence-electron chi connectivity index (χ0n) is 24.2. The van der Waals surface area contributed by atoms with E-state index in [0.717, 1.165) is 41.8 Å². The lowest BCUT2D eigenvalue weighted by Crippen LogP contribution is -2.31. The molecule has 216 valence electrons. The fourth-order valence-electron chi connectivity index (χ4n) is 4.05. The summed E-state index contributed by atoms with van der Waals surface area (Å²) in [5, 5.41) is 0. The highest BCUT2D eigenvalue weighted by molar-refractivity contribution is 5.85. The third-order valence-corrected chi connectivity index (χ3v) is 6.19. The van der Waals surface area contributed by atoms with Crippen LogP contribution in [0.3, 0.4) is 0 Å². The van der Waals surface area contributed by atoms with Gasteiger partial charge in [0.1, 0.15) is 0 Å². The predicted molar refractivity (Wildman–Crippen MR) is 185 cm³/mol. The molecule has 2 nitrogen and oxygen atoms in total. The van der Waals surface area contributed by atoms with Crippen LogP contribution >= 0.6 is 24.8 Å². The maximum absolute atomic E-state index is 3.34. The van der Waals surface area contributed by atoms with E-state index in [2.05, 4.69) is 57.2 Å². The normalized spacial score (nSPS) is 9.35. The van der Waals surface area contributed by atoms with E-state index < -0.39 is 0 Å². The zero-order chi connectivity index (χ0) is 28.2. The smallest absolute Gasteiger partial charge is 0.0613 e. The second kappa shape index (κ2) is 21.3. The van der Waals surface area contributed by atoms with E-state index in [4.69, 9.17) is 0 Å². The first kappa shape index (κ1) is 34.8. The number of rotatable bonds is 8. The lowest BCUT2D eigenvalue weighted by Gasteiger charge is -2.21. The molecule has 0 fully saturated rings. The molecular weight excluding hydrogens is 567 g/mol. The number of nitrogens with zero attached hydrogens (tertiary/aromatic N) is 2. The Morgan fingerprint density at radius 1 is 0.349 bits per heavy atom. The van der Waals surface area contributed by atoms with E-state index in [9.17, 15) is 0 Å². The maximum Gasteiger partial charge on any atom is 0.0613 e. The number of benzene rings is 4. The molecule has 4 aromatic rings. The van der Waals surface area contributed by atoms with Crippen LogP contribution in [-0.2, 0) is 0 Å². The maximum atomic E-state index is 3.34. The van der Waals surface area contributed by atoms with Gasteiger partial charge in [-0.25, -0.2) is 0 Å². The van der Waals surface area contributed by atoms with Crippen molar-refractivity contribution in [2.45, 2.75) is 6.42 Å². The van der Waals surface area contributed by atoms with Crippen LogP contribution in [0.5, 0.6) is 0 Å². The van der Waals surface area contributed by atoms with Crippen LogP contribution in [-0.4, -0.2) is 49.1 Å². The van der Waals surface area contributed by atoms with Crippen LogP contribution in [0.2, 0.25) is 0 Å². The molecule has 4 heteroatoms.